The lowest BCUT2D eigenvalue weighted by molar-refractivity contribution is 0.225. The summed E-state index contributed by atoms with van der Waals surface area (Å²) in [6, 6.07) is 6.60. The second-order valence-electron chi connectivity index (χ2n) is 4.12. The molecule has 1 aliphatic rings. The molecule has 1 aromatic rings. The van der Waals surface area contributed by atoms with E-state index in [0.29, 0.717) is 6.04 Å². The highest BCUT2D eigenvalue weighted by atomic mass is 15.3. The van der Waals surface area contributed by atoms with Gasteiger partial charge >= 0.3 is 0 Å². The minimum atomic E-state index is 0.565. The van der Waals surface area contributed by atoms with E-state index in [1.807, 2.05) is 18.3 Å². The van der Waals surface area contributed by atoms with Crippen molar-refractivity contribution >= 4 is 0 Å². The summed E-state index contributed by atoms with van der Waals surface area (Å²) in [5.74, 6) is 0. The molecule has 0 unspecified atom stereocenters. The molecule has 2 rings (SSSR count). The van der Waals surface area contributed by atoms with Crippen molar-refractivity contribution in [3.05, 3.63) is 42.5 Å². The zero-order valence-corrected chi connectivity index (χ0v) is 9.30. The summed E-state index contributed by atoms with van der Waals surface area (Å²) in [5.41, 5.74) is 1.12. The maximum absolute atomic E-state index is 4.32. The lowest BCUT2D eigenvalue weighted by Gasteiger charge is -2.24. The Balaban J connectivity index is 1.91. The highest BCUT2D eigenvalue weighted by Crippen LogP contribution is 2.12. The Hall–Kier alpha value is -1.51. The van der Waals surface area contributed by atoms with E-state index < -0.39 is 0 Å². The fourth-order valence-electron chi connectivity index (χ4n) is 1.62. The molecule has 0 amide bonds. The minimum absolute atomic E-state index is 0.565. The molecule has 0 fully saturated rings. The lowest BCUT2D eigenvalue weighted by atomic mass is 10.3. The Morgan fingerprint density at radius 2 is 2.20 bits per heavy atom. The predicted molar refractivity (Wildman–Crippen MR) is 60.8 cm³/mol. The Kier molecular flexibility index (Phi) is 2.90. The predicted octanol–water partition coefficient (Wildman–Crippen LogP) is 2.04. The fraction of sp³-hybridized carbons (Fsp3) is 0.417. The lowest BCUT2D eigenvalue weighted by Crippen LogP contribution is -2.30. The molecule has 0 aromatic carbocycles. The number of hydrogen-bond donors (Lipinski definition) is 0. The molecule has 0 saturated carbocycles. The maximum Gasteiger partial charge on any atom is 0.0900 e. The van der Waals surface area contributed by atoms with E-state index in [9.17, 15) is 0 Å². The van der Waals surface area contributed by atoms with Gasteiger partial charge in [-0.25, -0.2) is 0 Å². The molecule has 0 N–H and O–H groups in total. The van der Waals surface area contributed by atoms with Crippen molar-refractivity contribution in [1.82, 2.24) is 14.8 Å². The summed E-state index contributed by atoms with van der Waals surface area (Å²) < 4.78 is 0. The van der Waals surface area contributed by atoms with Gasteiger partial charge in [0.25, 0.3) is 0 Å². The van der Waals surface area contributed by atoms with Crippen molar-refractivity contribution < 1.29 is 0 Å². The van der Waals surface area contributed by atoms with Crippen LogP contribution in [0.15, 0.2) is 36.8 Å². The van der Waals surface area contributed by atoms with E-state index in [1.54, 1.807) is 0 Å². The van der Waals surface area contributed by atoms with E-state index in [1.165, 1.54) is 0 Å². The van der Waals surface area contributed by atoms with E-state index in [0.717, 1.165) is 18.9 Å². The number of aromatic nitrogens is 1. The van der Waals surface area contributed by atoms with Crippen molar-refractivity contribution in [2.75, 3.05) is 6.67 Å². The summed E-state index contributed by atoms with van der Waals surface area (Å²) in [7, 11) is 0. The molecule has 15 heavy (non-hydrogen) atoms. The number of hydrogen-bond acceptors (Lipinski definition) is 3. The number of rotatable bonds is 3. The molecule has 2 heterocycles. The molecule has 0 atom stereocenters. The second kappa shape index (κ2) is 4.34. The molecule has 80 valence electrons. The normalized spacial score (nSPS) is 15.4. The zero-order chi connectivity index (χ0) is 10.7. The van der Waals surface area contributed by atoms with Gasteiger partial charge in [-0.2, -0.15) is 0 Å². The van der Waals surface area contributed by atoms with Gasteiger partial charge in [-0.3, -0.25) is 4.98 Å². The molecular weight excluding hydrogens is 186 g/mol. The van der Waals surface area contributed by atoms with Crippen LogP contribution in [0.1, 0.15) is 19.5 Å². The second-order valence-corrected chi connectivity index (χ2v) is 4.12. The average Bonchev–Trinajstić information content (AvgIpc) is 2.68. The van der Waals surface area contributed by atoms with Crippen molar-refractivity contribution in [3.63, 3.8) is 0 Å². The SMILES string of the molecule is CC(C)N1C=CN(Cc2ccccn2)C1. The summed E-state index contributed by atoms with van der Waals surface area (Å²) in [6.45, 7) is 6.26. The van der Waals surface area contributed by atoms with Crippen LogP contribution in [0.2, 0.25) is 0 Å². The van der Waals surface area contributed by atoms with Gasteiger partial charge in [-0.05, 0) is 26.0 Å². The minimum Gasteiger partial charge on any atom is -0.356 e. The summed E-state index contributed by atoms with van der Waals surface area (Å²) in [6.07, 6.45) is 6.12. The van der Waals surface area contributed by atoms with Crippen LogP contribution in [0.5, 0.6) is 0 Å². The van der Waals surface area contributed by atoms with Gasteiger partial charge in [0.05, 0.1) is 18.9 Å². The molecule has 3 nitrogen and oxygen atoms in total. The molecule has 0 radical (unpaired) electrons. The first kappa shape index (κ1) is 10.0. The first-order valence-electron chi connectivity index (χ1n) is 5.34. The topological polar surface area (TPSA) is 19.4 Å². The highest BCUT2D eigenvalue weighted by Gasteiger charge is 2.14. The molecule has 1 aromatic heterocycles. The van der Waals surface area contributed by atoms with Gasteiger partial charge in [0.2, 0.25) is 0 Å². The standard InChI is InChI=1S/C12H17N3/c1-11(2)15-8-7-14(10-15)9-12-5-3-4-6-13-12/h3-8,11H,9-10H2,1-2H3. The van der Waals surface area contributed by atoms with E-state index in [-0.39, 0.29) is 0 Å². The van der Waals surface area contributed by atoms with Crippen LogP contribution >= 0.6 is 0 Å². The first-order valence-corrected chi connectivity index (χ1v) is 5.34. The highest BCUT2D eigenvalue weighted by molar-refractivity contribution is 5.05. The third-order valence-corrected chi connectivity index (χ3v) is 2.57. The smallest absolute Gasteiger partial charge is 0.0900 e. The summed E-state index contributed by atoms with van der Waals surface area (Å²) in [4.78, 5) is 8.89. The molecule has 0 aliphatic carbocycles. The van der Waals surface area contributed by atoms with Crippen molar-refractivity contribution in [2.45, 2.75) is 26.4 Å². The Morgan fingerprint density at radius 3 is 2.80 bits per heavy atom. The number of nitrogens with zero attached hydrogens (tertiary/aromatic N) is 3. The van der Waals surface area contributed by atoms with Crippen LogP contribution in [0.25, 0.3) is 0 Å². The third kappa shape index (κ3) is 2.49. The maximum atomic E-state index is 4.32. The largest absolute Gasteiger partial charge is 0.356 e. The van der Waals surface area contributed by atoms with Crippen LogP contribution in [-0.2, 0) is 6.54 Å². The van der Waals surface area contributed by atoms with Crippen LogP contribution in [-0.4, -0.2) is 27.5 Å². The van der Waals surface area contributed by atoms with Gasteiger partial charge in [0, 0.05) is 24.6 Å². The van der Waals surface area contributed by atoms with E-state index >= 15 is 0 Å². The van der Waals surface area contributed by atoms with Crippen molar-refractivity contribution in [2.24, 2.45) is 0 Å². The van der Waals surface area contributed by atoms with Crippen molar-refractivity contribution in [3.8, 4) is 0 Å². The Morgan fingerprint density at radius 1 is 1.33 bits per heavy atom. The average molecular weight is 203 g/mol. The van der Waals surface area contributed by atoms with Crippen LogP contribution in [0.4, 0.5) is 0 Å². The van der Waals surface area contributed by atoms with Gasteiger partial charge in [0.1, 0.15) is 0 Å². The molecule has 0 spiro atoms. The summed E-state index contributed by atoms with van der Waals surface area (Å²) in [5, 5.41) is 0. The van der Waals surface area contributed by atoms with Gasteiger partial charge in [-0.15, -0.1) is 0 Å². The number of pyridine rings is 1. The fourth-order valence-corrected chi connectivity index (χ4v) is 1.62. The Labute approximate surface area is 91.0 Å². The van der Waals surface area contributed by atoms with E-state index in [2.05, 4.69) is 47.1 Å². The quantitative estimate of drug-likeness (QED) is 0.749. The van der Waals surface area contributed by atoms with Crippen molar-refractivity contribution in [1.29, 1.82) is 0 Å². The van der Waals surface area contributed by atoms with Gasteiger partial charge < -0.3 is 9.80 Å². The Bertz CT molecular complexity index is 332. The molecule has 0 saturated heterocycles. The molecule has 0 bridgehead atoms. The molecule has 3 heteroatoms. The van der Waals surface area contributed by atoms with Gasteiger partial charge in [0.15, 0.2) is 0 Å². The molecule has 1 aliphatic heterocycles. The third-order valence-electron chi connectivity index (χ3n) is 2.57. The summed E-state index contributed by atoms with van der Waals surface area (Å²) >= 11 is 0. The first-order chi connectivity index (χ1) is 7.25. The van der Waals surface area contributed by atoms with E-state index in [4.69, 9.17) is 0 Å². The van der Waals surface area contributed by atoms with Gasteiger partial charge in [-0.1, -0.05) is 6.07 Å². The van der Waals surface area contributed by atoms with Crippen LogP contribution < -0.4 is 0 Å². The van der Waals surface area contributed by atoms with Crippen LogP contribution in [0.3, 0.4) is 0 Å². The monoisotopic (exact) mass is 203 g/mol. The van der Waals surface area contributed by atoms with Crippen LogP contribution in [0, 0.1) is 0 Å². The molecular formula is C12H17N3. The zero-order valence-electron chi connectivity index (χ0n) is 9.30.